The normalized spacial score (nSPS) is 11.0. The number of rotatable bonds is 5. The number of sulfonamides is 1. The molecule has 8 heteroatoms. The van der Waals surface area contributed by atoms with Crippen LogP contribution in [0.1, 0.15) is 0 Å². The fraction of sp³-hybridized carbons (Fsp3) is 0.154. The highest BCUT2D eigenvalue weighted by atomic mass is 35.5. The van der Waals surface area contributed by atoms with Gasteiger partial charge in [0.05, 0.1) is 24.9 Å². The number of nitrogens with zero attached hydrogens (tertiary/aromatic N) is 1. The molecule has 0 aliphatic carbocycles. The summed E-state index contributed by atoms with van der Waals surface area (Å²) in [4.78, 5) is 3.67. The van der Waals surface area contributed by atoms with Gasteiger partial charge in [-0.1, -0.05) is 11.6 Å². The predicted octanol–water partition coefficient (Wildman–Crippen LogP) is 2.55. The van der Waals surface area contributed by atoms with Gasteiger partial charge in [-0.05, 0) is 18.2 Å². The highest BCUT2D eigenvalue weighted by molar-refractivity contribution is 7.92. The Morgan fingerprint density at radius 1 is 1.14 bits per heavy atom. The highest BCUT2D eigenvalue weighted by Crippen LogP contribution is 2.31. The maximum absolute atomic E-state index is 12.3. The van der Waals surface area contributed by atoms with Crippen molar-refractivity contribution in [2.24, 2.45) is 0 Å². The first-order chi connectivity index (χ1) is 9.97. The second-order valence-electron chi connectivity index (χ2n) is 3.98. The standard InChI is InChI=1S/C13H13ClN2O4S/c1-19-11-4-3-9(7-12(11)20-2)16-21(17,18)13-8-15-6-5-10(13)14/h3-8,16H,1-2H3. The summed E-state index contributed by atoms with van der Waals surface area (Å²) in [6, 6.07) is 6.08. The van der Waals surface area contributed by atoms with Gasteiger partial charge in [0.15, 0.2) is 11.5 Å². The maximum Gasteiger partial charge on any atom is 0.264 e. The van der Waals surface area contributed by atoms with Crippen LogP contribution in [0.4, 0.5) is 5.69 Å². The molecule has 0 aliphatic rings. The molecule has 1 N–H and O–H groups in total. The van der Waals surface area contributed by atoms with Crippen LogP contribution in [0.3, 0.4) is 0 Å². The van der Waals surface area contributed by atoms with E-state index < -0.39 is 10.0 Å². The molecule has 0 fully saturated rings. The first-order valence-electron chi connectivity index (χ1n) is 5.82. The van der Waals surface area contributed by atoms with Gasteiger partial charge in [0.2, 0.25) is 0 Å². The average molecular weight is 329 g/mol. The minimum atomic E-state index is -3.83. The number of hydrogen-bond acceptors (Lipinski definition) is 5. The lowest BCUT2D eigenvalue weighted by Crippen LogP contribution is -2.13. The lowest BCUT2D eigenvalue weighted by molar-refractivity contribution is 0.355. The Hall–Kier alpha value is -1.99. The number of halogens is 1. The van der Waals surface area contributed by atoms with Gasteiger partial charge in [-0.15, -0.1) is 0 Å². The summed E-state index contributed by atoms with van der Waals surface area (Å²) < 4.78 is 37.2. The lowest BCUT2D eigenvalue weighted by atomic mass is 10.3. The van der Waals surface area contributed by atoms with E-state index >= 15 is 0 Å². The third-order valence-corrected chi connectivity index (χ3v) is 4.51. The van der Waals surface area contributed by atoms with E-state index in [1.807, 2.05) is 0 Å². The van der Waals surface area contributed by atoms with Crippen LogP contribution in [0.5, 0.6) is 11.5 Å². The molecule has 0 bridgehead atoms. The van der Waals surface area contributed by atoms with Crippen molar-refractivity contribution in [1.82, 2.24) is 4.98 Å². The van der Waals surface area contributed by atoms with Crippen molar-refractivity contribution in [3.05, 3.63) is 41.7 Å². The zero-order valence-electron chi connectivity index (χ0n) is 11.3. The Balaban J connectivity index is 2.35. The van der Waals surface area contributed by atoms with Crippen LogP contribution in [0.25, 0.3) is 0 Å². The van der Waals surface area contributed by atoms with Crippen LogP contribution in [0, 0.1) is 0 Å². The SMILES string of the molecule is COc1ccc(NS(=O)(=O)c2cnccc2Cl)cc1OC. The molecule has 1 heterocycles. The molecule has 21 heavy (non-hydrogen) atoms. The molecule has 2 aromatic rings. The van der Waals surface area contributed by atoms with Gasteiger partial charge in [-0.3, -0.25) is 9.71 Å². The molecule has 0 radical (unpaired) electrons. The molecule has 112 valence electrons. The van der Waals surface area contributed by atoms with Gasteiger partial charge in [0.1, 0.15) is 4.90 Å². The third-order valence-electron chi connectivity index (χ3n) is 2.66. The molecule has 0 saturated carbocycles. The van der Waals surface area contributed by atoms with Crippen LogP contribution < -0.4 is 14.2 Å². The molecule has 6 nitrogen and oxygen atoms in total. The molecular weight excluding hydrogens is 316 g/mol. The first-order valence-corrected chi connectivity index (χ1v) is 7.68. The average Bonchev–Trinajstić information content (AvgIpc) is 2.47. The Kier molecular flexibility index (Phi) is 4.54. The fourth-order valence-electron chi connectivity index (χ4n) is 1.67. The van der Waals surface area contributed by atoms with E-state index in [2.05, 4.69) is 9.71 Å². The van der Waals surface area contributed by atoms with Crippen LogP contribution in [0.2, 0.25) is 5.02 Å². The van der Waals surface area contributed by atoms with E-state index in [1.54, 1.807) is 12.1 Å². The van der Waals surface area contributed by atoms with E-state index in [0.29, 0.717) is 17.2 Å². The summed E-state index contributed by atoms with van der Waals surface area (Å²) in [5.74, 6) is 0.912. The monoisotopic (exact) mass is 328 g/mol. The fourth-order valence-corrected chi connectivity index (χ4v) is 3.15. The predicted molar refractivity (Wildman–Crippen MR) is 79.6 cm³/mol. The van der Waals surface area contributed by atoms with Crippen molar-refractivity contribution in [2.45, 2.75) is 4.90 Å². The third kappa shape index (κ3) is 3.37. The van der Waals surface area contributed by atoms with Gasteiger partial charge in [-0.25, -0.2) is 8.42 Å². The topological polar surface area (TPSA) is 77.5 Å². The van der Waals surface area contributed by atoms with Gasteiger partial charge in [-0.2, -0.15) is 0 Å². The molecule has 1 aromatic heterocycles. The number of hydrogen-bond donors (Lipinski definition) is 1. The lowest BCUT2D eigenvalue weighted by Gasteiger charge is -2.12. The van der Waals surface area contributed by atoms with Crippen molar-refractivity contribution in [3.8, 4) is 11.5 Å². The number of ether oxygens (including phenoxy) is 2. The van der Waals surface area contributed by atoms with Crippen molar-refractivity contribution in [1.29, 1.82) is 0 Å². The van der Waals surface area contributed by atoms with E-state index in [4.69, 9.17) is 21.1 Å². The molecule has 0 amide bonds. The van der Waals surface area contributed by atoms with Crippen LogP contribution >= 0.6 is 11.6 Å². The summed E-state index contributed by atoms with van der Waals surface area (Å²) in [6.45, 7) is 0. The summed E-state index contributed by atoms with van der Waals surface area (Å²) in [5, 5.41) is 0.0953. The summed E-state index contributed by atoms with van der Waals surface area (Å²) in [6.07, 6.45) is 2.60. The Bertz CT molecular complexity index is 750. The van der Waals surface area contributed by atoms with Crippen LogP contribution in [-0.2, 0) is 10.0 Å². The van der Waals surface area contributed by atoms with E-state index in [9.17, 15) is 8.42 Å². The second-order valence-corrected chi connectivity index (χ2v) is 6.04. The van der Waals surface area contributed by atoms with Gasteiger partial charge in [0.25, 0.3) is 10.0 Å². The molecule has 0 unspecified atom stereocenters. The smallest absolute Gasteiger partial charge is 0.264 e. The summed E-state index contributed by atoms with van der Waals surface area (Å²) in [7, 11) is -0.866. The quantitative estimate of drug-likeness (QED) is 0.912. The first kappa shape index (κ1) is 15.4. The molecular formula is C13H13ClN2O4S. The highest BCUT2D eigenvalue weighted by Gasteiger charge is 2.19. The number of anilines is 1. The number of nitrogens with one attached hydrogen (secondary N) is 1. The van der Waals surface area contributed by atoms with Crippen LogP contribution in [-0.4, -0.2) is 27.6 Å². The number of aromatic nitrogens is 1. The molecule has 0 spiro atoms. The molecule has 1 aromatic carbocycles. The largest absolute Gasteiger partial charge is 0.493 e. The van der Waals surface area contributed by atoms with Gasteiger partial charge < -0.3 is 9.47 Å². The second kappa shape index (κ2) is 6.19. The zero-order valence-corrected chi connectivity index (χ0v) is 12.9. The van der Waals surface area contributed by atoms with E-state index in [0.717, 1.165) is 0 Å². The van der Waals surface area contributed by atoms with Crippen molar-refractivity contribution in [2.75, 3.05) is 18.9 Å². The van der Waals surface area contributed by atoms with Gasteiger partial charge >= 0.3 is 0 Å². The summed E-state index contributed by atoms with van der Waals surface area (Å²) >= 11 is 5.88. The number of pyridine rings is 1. The van der Waals surface area contributed by atoms with E-state index in [-0.39, 0.29) is 9.92 Å². The number of benzene rings is 1. The minimum Gasteiger partial charge on any atom is -0.493 e. The minimum absolute atomic E-state index is 0.0953. The van der Waals surface area contributed by atoms with Crippen LogP contribution in [0.15, 0.2) is 41.6 Å². The van der Waals surface area contributed by atoms with E-state index in [1.165, 1.54) is 38.7 Å². The van der Waals surface area contributed by atoms with Crippen molar-refractivity contribution in [3.63, 3.8) is 0 Å². The zero-order chi connectivity index (χ0) is 15.5. The maximum atomic E-state index is 12.3. The Morgan fingerprint density at radius 2 is 1.86 bits per heavy atom. The summed E-state index contributed by atoms with van der Waals surface area (Å²) in [5.41, 5.74) is 0.326. The van der Waals surface area contributed by atoms with Gasteiger partial charge in [0, 0.05) is 18.5 Å². The van der Waals surface area contributed by atoms with Crippen molar-refractivity contribution >= 4 is 27.3 Å². The molecule has 0 atom stereocenters. The van der Waals surface area contributed by atoms with Crippen molar-refractivity contribution < 1.29 is 17.9 Å². The Labute approximate surface area is 127 Å². The number of methoxy groups -OCH3 is 2. The molecule has 0 saturated heterocycles. The molecule has 2 rings (SSSR count). The Morgan fingerprint density at radius 3 is 2.48 bits per heavy atom. The molecule has 0 aliphatic heterocycles.